The average molecular weight is 291 g/mol. The van der Waals surface area contributed by atoms with E-state index in [4.69, 9.17) is 9.47 Å². The van der Waals surface area contributed by atoms with E-state index in [9.17, 15) is 0 Å². The summed E-state index contributed by atoms with van der Waals surface area (Å²) in [6.45, 7) is 7.51. The van der Waals surface area contributed by atoms with Crippen molar-refractivity contribution in [3.8, 4) is 5.75 Å². The van der Waals surface area contributed by atoms with Gasteiger partial charge < -0.3 is 14.8 Å². The maximum absolute atomic E-state index is 5.95. The van der Waals surface area contributed by atoms with E-state index in [1.165, 1.54) is 5.56 Å². The molecule has 1 aliphatic heterocycles. The van der Waals surface area contributed by atoms with E-state index in [0.29, 0.717) is 12.1 Å². The van der Waals surface area contributed by atoms with E-state index >= 15 is 0 Å². The van der Waals surface area contributed by atoms with Gasteiger partial charge in [0, 0.05) is 24.3 Å². The summed E-state index contributed by atoms with van der Waals surface area (Å²) >= 11 is 0. The fourth-order valence-electron chi connectivity index (χ4n) is 3.18. The van der Waals surface area contributed by atoms with Crippen LogP contribution in [0.4, 0.5) is 0 Å². The monoisotopic (exact) mass is 291 g/mol. The summed E-state index contributed by atoms with van der Waals surface area (Å²) in [6.07, 6.45) is 4.29. The SMILES string of the molecule is CCC(NC1CCOC(C)(CC)C1)c1ccccc1OC. The Labute approximate surface area is 129 Å². The fraction of sp³-hybridized carbons (Fsp3) is 0.667. The van der Waals surface area contributed by atoms with Crippen molar-refractivity contribution in [2.75, 3.05) is 13.7 Å². The highest BCUT2D eigenvalue weighted by Crippen LogP contribution is 2.32. The van der Waals surface area contributed by atoms with Crippen LogP contribution >= 0.6 is 0 Å². The zero-order chi connectivity index (χ0) is 15.3. The van der Waals surface area contributed by atoms with Crippen molar-refractivity contribution in [3.63, 3.8) is 0 Å². The van der Waals surface area contributed by atoms with Gasteiger partial charge in [-0.25, -0.2) is 0 Å². The normalized spacial score (nSPS) is 27.3. The molecule has 118 valence electrons. The number of nitrogens with one attached hydrogen (secondary N) is 1. The van der Waals surface area contributed by atoms with Crippen molar-refractivity contribution in [1.82, 2.24) is 5.32 Å². The summed E-state index contributed by atoms with van der Waals surface area (Å²) in [5.74, 6) is 0.974. The van der Waals surface area contributed by atoms with Crippen LogP contribution in [0.3, 0.4) is 0 Å². The van der Waals surface area contributed by atoms with Crippen LogP contribution < -0.4 is 10.1 Å². The fourth-order valence-corrected chi connectivity index (χ4v) is 3.18. The Balaban J connectivity index is 2.08. The van der Waals surface area contributed by atoms with E-state index in [-0.39, 0.29) is 5.60 Å². The van der Waals surface area contributed by atoms with Gasteiger partial charge in [-0.2, -0.15) is 0 Å². The number of methoxy groups -OCH3 is 1. The van der Waals surface area contributed by atoms with E-state index < -0.39 is 0 Å². The van der Waals surface area contributed by atoms with Crippen LogP contribution in [-0.4, -0.2) is 25.4 Å². The molecule has 0 saturated carbocycles. The standard InChI is InChI=1S/C18H29NO2/c1-5-16(15-9-7-8-10-17(15)20-4)19-14-11-12-21-18(3,6-2)13-14/h7-10,14,16,19H,5-6,11-13H2,1-4H3. The first kappa shape index (κ1) is 16.3. The van der Waals surface area contributed by atoms with Crippen LogP contribution in [0.25, 0.3) is 0 Å². The zero-order valence-electron chi connectivity index (χ0n) is 13.8. The highest BCUT2D eigenvalue weighted by molar-refractivity contribution is 5.35. The summed E-state index contributed by atoms with van der Waals surface area (Å²) in [6, 6.07) is 9.17. The van der Waals surface area contributed by atoms with E-state index in [2.05, 4.69) is 38.2 Å². The van der Waals surface area contributed by atoms with Crippen LogP contribution in [-0.2, 0) is 4.74 Å². The molecule has 1 aliphatic rings. The number of ether oxygens (including phenoxy) is 2. The smallest absolute Gasteiger partial charge is 0.123 e. The number of benzene rings is 1. The summed E-state index contributed by atoms with van der Waals surface area (Å²) < 4.78 is 11.5. The van der Waals surface area contributed by atoms with Gasteiger partial charge in [-0.1, -0.05) is 32.0 Å². The van der Waals surface area contributed by atoms with Gasteiger partial charge in [0.15, 0.2) is 0 Å². The Kier molecular flexibility index (Phi) is 5.65. The predicted molar refractivity (Wildman–Crippen MR) is 86.8 cm³/mol. The molecule has 0 amide bonds. The zero-order valence-corrected chi connectivity index (χ0v) is 13.8. The van der Waals surface area contributed by atoms with Gasteiger partial charge in [0.1, 0.15) is 5.75 Å². The van der Waals surface area contributed by atoms with Crippen LogP contribution in [0, 0.1) is 0 Å². The molecule has 1 aromatic rings. The van der Waals surface area contributed by atoms with E-state index in [1.54, 1.807) is 7.11 Å². The lowest BCUT2D eigenvalue weighted by molar-refractivity contribution is -0.0792. The molecular formula is C18H29NO2. The topological polar surface area (TPSA) is 30.5 Å². The molecule has 0 radical (unpaired) electrons. The Bertz CT molecular complexity index is 449. The molecule has 1 aromatic carbocycles. The molecule has 21 heavy (non-hydrogen) atoms. The third-order valence-electron chi connectivity index (χ3n) is 4.70. The lowest BCUT2D eigenvalue weighted by atomic mass is 9.89. The number of para-hydroxylation sites is 1. The van der Waals surface area contributed by atoms with Gasteiger partial charge in [0.05, 0.1) is 12.7 Å². The minimum absolute atomic E-state index is 0.0228. The Morgan fingerprint density at radius 3 is 2.81 bits per heavy atom. The van der Waals surface area contributed by atoms with E-state index in [0.717, 1.165) is 38.0 Å². The highest BCUT2D eigenvalue weighted by Gasteiger charge is 2.32. The summed E-state index contributed by atoms with van der Waals surface area (Å²) in [7, 11) is 1.74. The Hall–Kier alpha value is -1.06. The minimum Gasteiger partial charge on any atom is -0.496 e. The first-order chi connectivity index (χ1) is 10.1. The second-order valence-corrected chi connectivity index (χ2v) is 6.21. The van der Waals surface area contributed by atoms with Gasteiger partial charge in [-0.05, 0) is 38.7 Å². The maximum Gasteiger partial charge on any atom is 0.123 e. The van der Waals surface area contributed by atoms with Gasteiger partial charge >= 0.3 is 0 Å². The molecule has 0 bridgehead atoms. The van der Waals surface area contributed by atoms with Crippen LogP contribution in [0.2, 0.25) is 0 Å². The maximum atomic E-state index is 5.95. The van der Waals surface area contributed by atoms with Crippen molar-refractivity contribution in [1.29, 1.82) is 0 Å². The minimum atomic E-state index is 0.0228. The molecule has 2 rings (SSSR count). The first-order valence-electron chi connectivity index (χ1n) is 8.14. The molecule has 0 aromatic heterocycles. The van der Waals surface area contributed by atoms with Crippen LogP contribution in [0.1, 0.15) is 58.1 Å². The Morgan fingerprint density at radius 2 is 2.14 bits per heavy atom. The quantitative estimate of drug-likeness (QED) is 0.856. The van der Waals surface area contributed by atoms with Gasteiger partial charge in [0.25, 0.3) is 0 Å². The first-order valence-corrected chi connectivity index (χ1v) is 8.14. The molecule has 3 nitrogen and oxygen atoms in total. The molecule has 3 atom stereocenters. The van der Waals surface area contributed by atoms with Crippen molar-refractivity contribution < 1.29 is 9.47 Å². The van der Waals surface area contributed by atoms with Crippen molar-refractivity contribution >= 4 is 0 Å². The van der Waals surface area contributed by atoms with Crippen molar-refractivity contribution in [2.24, 2.45) is 0 Å². The van der Waals surface area contributed by atoms with Gasteiger partial charge in [-0.3, -0.25) is 0 Å². The second kappa shape index (κ2) is 7.28. The molecular weight excluding hydrogens is 262 g/mol. The molecule has 1 N–H and O–H groups in total. The largest absolute Gasteiger partial charge is 0.496 e. The molecule has 1 heterocycles. The second-order valence-electron chi connectivity index (χ2n) is 6.21. The molecule has 1 saturated heterocycles. The third kappa shape index (κ3) is 3.98. The van der Waals surface area contributed by atoms with Crippen LogP contribution in [0.15, 0.2) is 24.3 Å². The molecule has 1 fully saturated rings. The summed E-state index contributed by atoms with van der Waals surface area (Å²) in [4.78, 5) is 0. The predicted octanol–water partition coefficient (Wildman–Crippen LogP) is 4.08. The Morgan fingerprint density at radius 1 is 1.38 bits per heavy atom. The van der Waals surface area contributed by atoms with Gasteiger partial charge in [-0.15, -0.1) is 0 Å². The number of rotatable bonds is 6. The summed E-state index contributed by atoms with van der Waals surface area (Å²) in [5.41, 5.74) is 1.28. The summed E-state index contributed by atoms with van der Waals surface area (Å²) in [5, 5.41) is 3.83. The molecule has 0 aliphatic carbocycles. The highest BCUT2D eigenvalue weighted by atomic mass is 16.5. The van der Waals surface area contributed by atoms with Crippen LogP contribution in [0.5, 0.6) is 5.75 Å². The third-order valence-corrected chi connectivity index (χ3v) is 4.70. The number of hydrogen-bond acceptors (Lipinski definition) is 3. The molecule has 0 spiro atoms. The van der Waals surface area contributed by atoms with Crippen molar-refractivity contribution in [2.45, 2.75) is 64.1 Å². The van der Waals surface area contributed by atoms with Gasteiger partial charge in [0.2, 0.25) is 0 Å². The van der Waals surface area contributed by atoms with E-state index in [1.807, 2.05) is 12.1 Å². The molecule has 3 heteroatoms. The van der Waals surface area contributed by atoms with Crippen molar-refractivity contribution in [3.05, 3.63) is 29.8 Å². The molecule has 3 unspecified atom stereocenters. The lowest BCUT2D eigenvalue weighted by Gasteiger charge is -2.39. The number of hydrogen-bond donors (Lipinski definition) is 1. The lowest BCUT2D eigenvalue weighted by Crippen LogP contribution is -2.46. The average Bonchev–Trinajstić information content (AvgIpc) is 2.53.